The summed E-state index contributed by atoms with van der Waals surface area (Å²) in [6.45, 7) is 6.68. The lowest BCUT2D eigenvalue weighted by molar-refractivity contribution is 1.27. The van der Waals surface area contributed by atoms with Gasteiger partial charge in [0.15, 0.2) is 0 Å². The van der Waals surface area contributed by atoms with Gasteiger partial charge in [0.05, 0.1) is 10.5 Å². The molecule has 2 heteroatoms. The van der Waals surface area contributed by atoms with Gasteiger partial charge in [-0.2, -0.15) is 0 Å². The van der Waals surface area contributed by atoms with Crippen molar-refractivity contribution in [3.8, 4) is 0 Å². The number of allylic oxidation sites excluding steroid dienone is 8. The Morgan fingerprint density at radius 2 is 1.95 bits per heavy atom. The first-order chi connectivity index (χ1) is 9.15. The van der Waals surface area contributed by atoms with Crippen LogP contribution in [0.3, 0.4) is 0 Å². The van der Waals surface area contributed by atoms with Gasteiger partial charge in [0.25, 0.3) is 0 Å². The predicted octanol–water partition coefficient (Wildman–Crippen LogP) is 4.95. The van der Waals surface area contributed by atoms with E-state index in [2.05, 4.69) is 51.2 Å². The highest BCUT2D eigenvalue weighted by Crippen LogP contribution is 2.52. The maximum Gasteiger partial charge on any atom is 0.0539 e. The molecule has 19 heavy (non-hydrogen) atoms. The van der Waals surface area contributed by atoms with Crippen molar-refractivity contribution in [3.05, 3.63) is 68.1 Å². The van der Waals surface area contributed by atoms with Crippen molar-refractivity contribution in [2.75, 3.05) is 0 Å². The summed E-state index contributed by atoms with van der Waals surface area (Å²) >= 11 is 3.93. The first-order valence-electron chi connectivity index (χ1n) is 6.62. The normalized spacial score (nSPS) is 31.8. The van der Waals surface area contributed by atoms with E-state index < -0.39 is 0 Å². The average molecular weight is 283 g/mol. The van der Waals surface area contributed by atoms with Crippen LogP contribution >= 0.6 is 23.5 Å². The molecule has 0 saturated heterocycles. The quantitative estimate of drug-likeness (QED) is 0.667. The van der Waals surface area contributed by atoms with Crippen LogP contribution in [0.25, 0.3) is 0 Å². The van der Waals surface area contributed by atoms with Crippen LogP contribution in [-0.4, -0.2) is 10.5 Å². The molecule has 0 N–H and O–H groups in total. The van der Waals surface area contributed by atoms with Crippen LogP contribution in [0.4, 0.5) is 0 Å². The number of hydrogen-bond acceptors (Lipinski definition) is 2. The SMILES string of the molecule is CC1=[C]C2=C(C)C(C3=C(C)SC4C=CC=C34)=CC2S1. The molecule has 4 aliphatic rings. The van der Waals surface area contributed by atoms with Crippen LogP contribution < -0.4 is 0 Å². The number of rotatable bonds is 1. The number of thioether (sulfide) groups is 2. The largest absolute Gasteiger partial charge is 0.118 e. The molecular weight excluding hydrogens is 268 g/mol. The molecule has 2 heterocycles. The molecule has 0 aromatic rings. The maximum absolute atomic E-state index is 3.54. The Morgan fingerprint density at radius 1 is 1.11 bits per heavy atom. The topological polar surface area (TPSA) is 0 Å². The van der Waals surface area contributed by atoms with Crippen molar-refractivity contribution in [1.29, 1.82) is 0 Å². The molecule has 2 unspecified atom stereocenters. The van der Waals surface area contributed by atoms with Gasteiger partial charge in [-0.05, 0) is 64.5 Å². The van der Waals surface area contributed by atoms with E-state index in [1.165, 1.54) is 37.7 Å². The van der Waals surface area contributed by atoms with Crippen LogP contribution in [0.5, 0.6) is 0 Å². The van der Waals surface area contributed by atoms with E-state index in [0.717, 1.165) is 0 Å². The molecule has 4 rings (SSSR count). The van der Waals surface area contributed by atoms with E-state index in [0.29, 0.717) is 10.5 Å². The van der Waals surface area contributed by atoms with Crippen molar-refractivity contribution in [1.82, 2.24) is 0 Å². The van der Waals surface area contributed by atoms with Crippen LogP contribution in [0.2, 0.25) is 0 Å². The minimum atomic E-state index is 0.509. The third-order valence-electron chi connectivity index (χ3n) is 4.11. The van der Waals surface area contributed by atoms with Gasteiger partial charge in [0.1, 0.15) is 0 Å². The van der Waals surface area contributed by atoms with E-state index in [-0.39, 0.29) is 0 Å². The minimum absolute atomic E-state index is 0.509. The Hall–Kier alpha value is -0.860. The van der Waals surface area contributed by atoms with Gasteiger partial charge in [-0.3, -0.25) is 0 Å². The molecule has 1 radical (unpaired) electrons. The molecule has 2 aliphatic heterocycles. The molecule has 95 valence electrons. The van der Waals surface area contributed by atoms with Crippen molar-refractivity contribution >= 4 is 23.5 Å². The summed E-state index contributed by atoms with van der Waals surface area (Å²) in [6, 6.07) is 0. The zero-order valence-electron chi connectivity index (χ0n) is 11.3. The molecule has 0 aromatic carbocycles. The Balaban J connectivity index is 1.80. The van der Waals surface area contributed by atoms with Gasteiger partial charge in [0.2, 0.25) is 0 Å². The first kappa shape index (κ1) is 11.9. The Labute approximate surface area is 123 Å². The van der Waals surface area contributed by atoms with Crippen LogP contribution in [0.15, 0.2) is 62.0 Å². The van der Waals surface area contributed by atoms with E-state index in [1.54, 1.807) is 0 Å². The predicted molar refractivity (Wildman–Crippen MR) is 85.9 cm³/mol. The minimum Gasteiger partial charge on any atom is -0.118 e. The van der Waals surface area contributed by atoms with E-state index in [9.17, 15) is 0 Å². The van der Waals surface area contributed by atoms with Crippen molar-refractivity contribution in [2.45, 2.75) is 31.3 Å². The van der Waals surface area contributed by atoms with Crippen molar-refractivity contribution in [2.24, 2.45) is 0 Å². The summed E-state index contributed by atoms with van der Waals surface area (Å²) in [5, 5.41) is 1.07. The fraction of sp³-hybridized carbons (Fsp3) is 0.294. The smallest absolute Gasteiger partial charge is 0.0539 e. The molecule has 0 bridgehead atoms. The molecule has 2 aliphatic carbocycles. The molecule has 0 saturated carbocycles. The number of hydrogen-bond donors (Lipinski definition) is 0. The third-order valence-corrected chi connectivity index (χ3v) is 6.41. The molecule has 0 amide bonds. The fourth-order valence-electron chi connectivity index (χ4n) is 3.24. The lowest BCUT2D eigenvalue weighted by Crippen LogP contribution is -1.98. The lowest BCUT2D eigenvalue weighted by Gasteiger charge is -2.10. The van der Waals surface area contributed by atoms with Crippen LogP contribution in [0, 0.1) is 6.08 Å². The summed E-state index contributed by atoms with van der Waals surface area (Å²) in [5.41, 5.74) is 7.27. The summed E-state index contributed by atoms with van der Waals surface area (Å²) < 4.78 is 0. The zero-order chi connectivity index (χ0) is 13.1. The van der Waals surface area contributed by atoms with Gasteiger partial charge in [-0.15, -0.1) is 23.5 Å². The first-order valence-corrected chi connectivity index (χ1v) is 8.38. The molecule has 0 aromatic heterocycles. The molecule has 0 fully saturated rings. The lowest BCUT2D eigenvalue weighted by atomic mass is 9.93. The van der Waals surface area contributed by atoms with Crippen LogP contribution in [-0.2, 0) is 0 Å². The van der Waals surface area contributed by atoms with Gasteiger partial charge < -0.3 is 0 Å². The summed E-state index contributed by atoms with van der Waals surface area (Å²) in [4.78, 5) is 2.79. The van der Waals surface area contributed by atoms with E-state index in [4.69, 9.17) is 0 Å². The van der Waals surface area contributed by atoms with Gasteiger partial charge in [-0.25, -0.2) is 0 Å². The summed E-state index contributed by atoms with van der Waals surface area (Å²) in [7, 11) is 0. The Bertz CT molecular complexity index is 665. The standard InChI is InChI=1S/C17H15S2/c1-9-7-13-10(2)14(8-16(13)18-9)17-11(3)19-15-6-4-5-12(15)17/h4-6,8,15-16H,1-3H3. The monoisotopic (exact) mass is 283 g/mol. The number of fused-ring (bicyclic) bond motifs is 2. The van der Waals surface area contributed by atoms with Crippen molar-refractivity contribution < 1.29 is 0 Å². The van der Waals surface area contributed by atoms with E-state index in [1.807, 2.05) is 23.5 Å². The second-order valence-corrected chi connectivity index (χ2v) is 8.03. The highest BCUT2D eigenvalue weighted by atomic mass is 32.2. The molecule has 0 nitrogen and oxygen atoms in total. The second kappa shape index (κ2) is 4.07. The molecule has 2 atom stereocenters. The zero-order valence-corrected chi connectivity index (χ0v) is 12.9. The second-order valence-electron chi connectivity index (χ2n) is 5.32. The van der Waals surface area contributed by atoms with Crippen molar-refractivity contribution in [3.63, 3.8) is 0 Å². The third kappa shape index (κ3) is 1.63. The van der Waals surface area contributed by atoms with E-state index >= 15 is 0 Å². The Kier molecular flexibility index (Phi) is 2.55. The molecular formula is C17H15S2. The average Bonchev–Trinajstić information content (AvgIpc) is 3.04. The summed E-state index contributed by atoms with van der Waals surface area (Å²) in [5.74, 6) is 0. The highest BCUT2D eigenvalue weighted by molar-refractivity contribution is 8.04. The molecule has 0 spiro atoms. The van der Waals surface area contributed by atoms with Gasteiger partial charge in [0, 0.05) is 0 Å². The summed E-state index contributed by atoms with van der Waals surface area (Å²) in [6.07, 6.45) is 12.8. The maximum atomic E-state index is 3.54. The van der Waals surface area contributed by atoms with Gasteiger partial charge >= 0.3 is 0 Å². The van der Waals surface area contributed by atoms with Gasteiger partial charge in [-0.1, -0.05) is 24.3 Å². The fourth-order valence-corrected chi connectivity index (χ4v) is 5.57. The van der Waals surface area contributed by atoms with Crippen LogP contribution in [0.1, 0.15) is 20.8 Å². The Morgan fingerprint density at radius 3 is 2.74 bits per heavy atom. The highest BCUT2D eigenvalue weighted by Gasteiger charge is 2.35.